The van der Waals surface area contributed by atoms with Gasteiger partial charge in [0.25, 0.3) is 0 Å². The Morgan fingerprint density at radius 1 is 0.526 bits per heavy atom. The summed E-state index contributed by atoms with van der Waals surface area (Å²) in [4.78, 5) is 0. The Hall–Kier alpha value is -3.36. The summed E-state index contributed by atoms with van der Waals surface area (Å²) in [5.74, 6) is 0. The Labute approximate surface area is 222 Å². The molecular weight excluding hydrogens is 480 g/mol. The largest absolute Gasteiger partial charge is 0.394 e. The predicted octanol–water partition coefficient (Wildman–Crippen LogP) is 2.43. The van der Waals surface area contributed by atoms with E-state index in [-0.39, 0.29) is 6.42 Å². The number of hydrogen-bond acceptors (Lipinski definition) is 6. The third-order valence-electron chi connectivity index (χ3n) is 7.33. The molecule has 4 aromatic carbocycles. The van der Waals surface area contributed by atoms with Gasteiger partial charge in [-0.1, -0.05) is 121 Å². The average Bonchev–Trinajstić information content (AvgIpc) is 2.98. The van der Waals surface area contributed by atoms with Crippen molar-refractivity contribution in [1.82, 2.24) is 0 Å². The fraction of sp³-hybridized carbons (Fsp3) is 0.250. The molecule has 0 amide bonds. The van der Waals surface area contributed by atoms with Gasteiger partial charge in [0.1, 0.15) is 30.0 Å². The molecule has 0 saturated carbocycles. The van der Waals surface area contributed by atoms with E-state index in [2.05, 4.69) is 0 Å². The quantitative estimate of drug-likeness (QED) is 0.171. The van der Waals surface area contributed by atoms with Crippen molar-refractivity contribution in [3.8, 4) is 0 Å². The van der Waals surface area contributed by atoms with Crippen molar-refractivity contribution in [2.75, 3.05) is 6.61 Å². The summed E-state index contributed by atoms with van der Waals surface area (Å²) in [5, 5.41) is 66.2. The number of benzene rings is 4. The molecule has 0 aliphatic carbocycles. The van der Waals surface area contributed by atoms with Gasteiger partial charge in [0.15, 0.2) is 0 Å². The number of aliphatic hydroxyl groups is 6. The zero-order valence-corrected chi connectivity index (χ0v) is 21.0. The van der Waals surface area contributed by atoms with Crippen molar-refractivity contribution in [2.45, 2.75) is 41.9 Å². The van der Waals surface area contributed by atoms with Crippen LogP contribution in [0.1, 0.15) is 22.3 Å². The molecule has 0 aliphatic heterocycles. The maximum atomic E-state index is 13.0. The number of aliphatic hydroxyl groups excluding tert-OH is 5. The van der Waals surface area contributed by atoms with Crippen molar-refractivity contribution >= 4 is 0 Å². The van der Waals surface area contributed by atoms with Crippen molar-refractivity contribution < 1.29 is 30.6 Å². The molecule has 6 N–H and O–H groups in total. The lowest BCUT2D eigenvalue weighted by Crippen LogP contribution is -2.66. The lowest BCUT2D eigenvalue weighted by atomic mass is 9.55. The molecule has 0 aliphatic rings. The summed E-state index contributed by atoms with van der Waals surface area (Å²) in [6.45, 7) is -0.830. The molecule has 38 heavy (non-hydrogen) atoms. The fourth-order valence-corrected chi connectivity index (χ4v) is 5.49. The highest BCUT2D eigenvalue weighted by molar-refractivity contribution is 5.55. The van der Waals surface area contributed by atoms with Gasteiger partial charge in [-0.2, -0.15) is 0 Å². The van der Waals surface area contributed by atoms with Crippen LogP contribution in [0.25, 0.3) is 0 Å². The standard InChI is InChI=1S/C32H34O6/c33-22-27(34)28(35)29(36)30(37)31(38,21-23-13-5-1-6-14-23)32(24-15-7-2-8-16-24,25-17-9-3-10-18-25)26-19-11-4-12-20-26/h1-20,27-30,33-38H,21-22H2/t27-,28-,29+,30+,31?/m1/s1. The summed E-state index contributed by atoms with van der Waals surface area (Å²) in [6.07, 6.45) is -7.73. The van der Waals surface area contributed by atoms with Crippen molar-refractivity contribution in [2.24, 2.45) is 0 Å². The maximum absolute atomic E-state index is 13.0. The minimum Gasteiger partial charge on any atom is -0.394 e. The second-order valence-electron chi connectivity index (χ2n) is 9.61. The number of rotatable bonds is 11. The van der Waals surface area contributed by atoms with Gasteiger partial charge in [0.05, 0.1) is 12.0 Å². The normalized spacial score (nSPS) is 16.7. The van der Waals surface area contributed by atoms with Crippen molar-refractivity contribution in [3.63, 3.8) is 0 Å². The first-order valence-corrected chi connectivity index (χ1v) is 12.6. The Kier molecular flexibility index (Phi) is 8.74. The van der Waals surface area contributed by atoms with Crippen LogP contribution in [0.4, 0.5) is 0 Å². The molecule has 1 unspecified atom stereocenters. The Morgan fingerprint density at radius 2 is 0.895 bits per heavy atom. The smallest absolute Gasteiger partial charge is 0.115 e. The summed E-state index contributed by atoms with van der Waals surface area (Å²) in [7, 11) is 0. The predicted molar refractivity (Wildman–Crippen MR) is 145 cm³/mol. The molecule has 198 valence electrons. The summed E-state index contributed by atoms with van der Waals surface area (Å²) in [5.41, 5.74) is -0.978. The van der Waals surface area contributed by atoms with Gasteiger partial charge < -0.3 is 30.6 Å². The Balaban J connectivity index is 2.09. The van der Waals surface area contributed by atoms with Gasteiger partial charge in [0, 0.05) is 6.42 Å². The second-order valence-corrected chi connectivity index (χ2v) is 9.61. The first-order chi connectivity index (χ1) is 18.4. The van der Waals surface area contributed by atoms with E-state index in [1.54, 1.807) is 0 Å². The molecule has 0 radical (unpaired) electrons. The van der Waals surface area contributed by atoms with Crippen LogP contribution in [0, 0.1) is 0 Å². The lowest BCUT2D eigenvalue weighted by Gasteiger charge is -2.52. The van der Waals surface area contributed by atoms with Crippen LogP contribution in [0.2, 0.25) is 0 Å². The highest BCUT2D eigenvalue weighted by atomic mass is 16.4. The zero-order valence-electron chi connectivity index (χ0n) is 21.0. The summed E-state index contributed by atoms with van der Waals surface area (Å²) >= 11 is 0. The molecule has 0 spiro atoms. The topological polar surface area (TPSA) is 121 Å². The Bertz CT molecular complexity index is 1160. The van der Waals surface area contributed by atoms with Gasteiger partial charge in [-0.3, -0.25) is 0 Å². The van der Waals surface area contributed by atoms with Crippen LogP contribution in [0.5, 0.6) is 0 Å². The van der Waals surface area contributed by atoms with Gasteiger partial charge >= 0.3 is 0 Å². The van der Waals surface area contributed by atoms with Crippen LogP contribution in [0.3, 0.4) is 0 Å². The summed E-state index contributed by atoms with van der Waals surface area (Å²) in [6, 6.07) is 36.8. The van der Waals surface area contributed by atoms with Crippen LogP contribution in [-0.4, -0.2) is 67.3 Å². The minimum absolute atomic E-state index is 0.118. The minimum atomic E-state index is -2.17. The van der Waals surface area contributed by atoms with Gasteiger partial charge in [-0.25, -0.2) is 0 Å². The monoisotopic (exact) mass is 514 g/mol. The van der Waals surface area contributed by atoms with Crippen molar-refractivity contribution in [1.29, 1.82) is 0 Å². The lowest BCUT2D eigenvalue weighted by molar-refractivity contribution is -0.187. The van der Waals surface area contributed by atoms with E-state index in [0.717, 1.165) is 0 Å². The van der Waals surface area contributed by atoms with E-state index in [1.807, 2.05) is 121 Å². The van der Waals surface area contributed by atoms with Gasteiger partial charge in [-0.05, 0) is 22.3 Å². The van der Waals surface area contributed by atoms with E-state index in [0.29, 0.717) is 22.3 Å². The molecule has 5 atom stereocenters. The van der Waals surface area contributed by atoms with E-state index in [4.69, 9.17) is 0 Å². The number of hydrogen-bond donors (Lipinski definition) is 6. The molecule has 6 nitrogen and oxygen atoms in total. The van der Waals surface area contributed by atoms with Gasteiger partial charge in [0.2, 0.25) is 0 Å². The molecule has 6 heteroatoms. The SMILES string of the molecule is OC[C@@H](O)[C@@H](O)[C@H](O)[C@H](O)C(O)(Cc1ccccc1)C(c1ccccc1)(c1ccccc1)c1ccccc1. The van der Waals surface area contributed by atoms with Crippen LogP contribution in [-0.2, 0) is 11.8 Å². The van der Waals surface area contributed by atoms with E-state index < -0.39 is 42.0 Å². The maximum Gasteiger partial charge on any atom is 0.115 e. The molecule has 4 aromatic rings. The van der Waals surface area contributed by atoms with Crippen LogP contribution >= 0.6 is 0 Å². The molecule has 0 bridgehead atoms. The zero-order chi connectivity index (χ0) is 27.2. The third kappa shape index (κ3) is 5.02. The van der Waals surface area contributed by atoms with E-state index in [1.165, 1.54) is 0 Å². The highest BCUT2D eigenvalue weighted by Crippen LogP contribution is 2.51. The molecule has 0 heterocycles. The Morgan fingerprint density at radius 3 is 1.26 bits per heavy atom. The molecule has 4 rings (SSSR count). The highest BCUT2D eigenvalue weighted by Gasteiger charge is 2.60. The molecular formula is C32H34O6. The summed E-state index contributed by atoms with van der Waals surface area (Å²) < 4.78 is 0. The molecule has 0 saturated heterocycles. The first-order valence-electron chi connectivity index (χ1n) is 12.6. The van der Waals surface area contributed by atoms with Crippen molar-refractivity contribution in [3.05, 3.63) is 144 Å². The van der Waals surface area contributed by atoms with Gasteiger partial charge in [-0.15, -0.1) is 0 Å². The first kappa shape index (κ1) is 27.7. The molecule has 0 aromatic heterocycles. The van der Waals surface area contributed by atoms with Crippen LogP contribution < -0.4 is 0 Å². The van der Waals surface area contributed by atoms with Crippen LogP contribution in [0.15, 0.2) is 121 Å². The fourth-order valence-electron chi connectivity index (χ4n) is 5.49. The second kappa shape index (κ2) is 12.0. The van der Waals surface area contributed by atoms with E-state index >= 15 is 0 Å². The van der Waals surface area contributed by atoms with E-state index in [9.17, 15) is 30.6 Å². The third-order valence-corrected chi connectivity index (χ3v) is 7.33. The molecule has 0 fully saturated rings. The average molecular weight is 515 g/mol.